The van der Waals surface area contributed by atoms with Gasteiger partial charge in [0.25, 0.3) is 5.91 Å². The molecule has 0 N–H and O–H groups in total. The number of hydrazone groups is 1. The molecule has 1 spiro atoms. The van der Waals surface area contributed by atoms with E-state index >= 15 is 0 Å². The summed E-state index contributed by atoms with van der Waals surface area (Å²) in [5.74, 6) is -0.698. The third-order valence-electron chi connectivity index (χ3n) is 4.98. The van der Waals surface area contributed by atoms with Crippen molar-refractivity contribution in [1.29, 1.82) is 0 Å². The van der Waals surface area contributed by atoms with E-state index in [1.54, 1.807) is 40.3 Å². The maximum atomic E-state index is 13.8. The van der Waals surface area contributed by atoms with E-state index in [1.807, 2.05) is 66.1 Å². The SMILES string of the molecule is CCOC(=O)C1=NN(c2ccc(Cl)cc2)C2(SC(=Cc3cccs3)C(=O)N2c2ccccc2)S1. The Morgan fingerprint density at radius 1 is 1.06 bits per heavy atom. The van der Waals surface area contributed by atoms with Crippen LogP contribution >= 0.6 is 46.5 Å². The van der Waals surface area contributed by atoms with Gasteiger partial charge in [-0.25, -0.2) is 9.80 Å². The number of halogens is 1. The molecule has 1 saturated heterocycles. The number of hydrogen-bond acceptors (Lipinski definition) is 8. The molecule has 6 nitrogen and oxygen atoms in total. The Balaban J connectivity index is 1.67. The highest BCUT2D eigenvalue weighted by Gasteiger charge is 2.60. The second kappa shape index (κ2) is 9.50. The lowest BCUT2D eigenvalue weighted by atomic mass is 10.2. The Bertz CT molecular complexity index is 1280. The summed E-state index contributed by atoms with van der Waals surface area (Å²) in [6.07, 6.45) is 1.88. The van der Waals surface area contributed by atoms with Crippen LogP contribution in [0.5, 0.6) is 0 Å². The predicted molar refractivity (Wildman–Crippen MR) is 142 cm³/mol. The minimum atomic E-state index is -1.10. The average Bonchev–Trinajstić information content (AvgIpc) is 3.55. The molecule has 34 heavy (non-hydrogen) atoms. The molecule has 10 heteroatoms. The van der Waals surface area contributed by atoms with Gasteiger partial charge in [-0.3, -0.25) is 9.69 Å². The molecule has 2 aromatic carbocycles. The summed E-state index contributed by atoms with van der Waals surface area (Å²) >= 11 is 10.2. The van der Waals surface area contributed by atoms with Gasteiger partial charge in [0.05, 0.1) is 17.2 Å². The van der Waals surface area contributed by atoms with Crippen LogP contribution < -0.4 is 9.91 Å². The van der Waals surface area contributed by atoms with Crippen molar-refractivity contribution in [2.45, 2.75) is 11.3 Å². The van der Waals surface area contributed by atoms with Gasteiger partial charge < -0.3 is 4.74 Å². The number of esters is 1. The maximum absolute atomic E-state index is 13.8. The van der Waals surface area contributed by atoms with Crippen LogP contribution in [-0.4, -0.2) is 27.9 Å². The van der Waals surface area contributed by atoms with Crippen LogP contribution in [0.2, 0.25) is 5.02 Å². The summed E-state index contributed by atoms with van der Waals surface area (Å²) in [6, 6.07) is 20.4. The number of carbonyl (C=O) groups is 2. The van der Waals surface area contributed by atoms with Gasteiger partial charge in [0.1, 0.15) is 0 Å². The number of ether oxygens (including phenoxy) is 1. The van der Waals surface area contributed by atoms with Crippen molar-refractivity contribution in [3.8, 4) is 0 Å². The molecule has 172 valence electrons. The van der Waals surface area contributed by atoms with Crippen LogP contribution in [0.4, 0.5) is 11.4 Å². The summed E-state index contributed by atoms with van der Waals surface area (Å²) in [5.41, 5.74) is 1.39. The van der Waals surface area contributed by atoms with Gasteiger partial charge in [-0.1, -0.05) is 47.6 Å². The minimum Gasteiger partial charge on any atom is -0.461 e. The van der Waals surface area contributed by atoms with Crippen molar-refractivity contribution in [3.05, 3.63) is 86.9 Å². The van der Waals surface area contributed by atoms with Crippen molar-refractivity contribution < 1.29 is 14.3 Å². The van der Waals surface area contributed by atoms with E-state index in [9.17, 15) is 9.59 Å². The maximum Gasteiger partial charge on any atom is 0.365 e. The first-order valence-electron chi connectivity index (χ1n) is 10.4. The Morgan fingerprint density at radius 2 is 1.82 bits per heavy atom. The van der Waals surface area contributed by atoms with Crippen molar-refractivity contribution in [2.75, 3.05) is 16.5 Å². The van der Waals surface area contributed by atoms with Crippen LogP contribution in [0.1, 0.15) is 11.8 Å². The van der Waals surface area contributed by atoms with Gasteiger partial charge in [0.15, 0.2) is 0 Å². The number of benzene rings is 2. The van der Waals surface area contributed by atoms with E-state index in [0.717, 1.165) is 4.88 Å². The molecular weight excluding hydrogens is 510 g/mol. The number of thiophene rings is 1. The third kappa shape index (κ3) is 4.13. The zero-order chi connectivity index (χ0) is 23.7. The van der Waals surface area contributed by atoms with Gasteiger partial charge in [0, 0.05) is 15.6 Å². The van der Waals surface area contributed by atoms with E-state index < -0.39 is 10.3 Å². The summed E-state index contributed by atoms with van der Waals surface area (Å²) in [4.78, 5) is 29.8. The van der Waals surface area contributed by atoms with Gasteiger partial charge in [0.2, 0.25) is 9.37 Å². The smallest absolute Gasteiger partial charge is 0.365 e. The number of thioether (sulfide) groups is 2. The zero-order valence-electron chi connectivity index (χ0n) is 17.9. The van der Waals surface area contributed by atoms with Crippen molar-refractivity contribution >= 4 is 80.8 Å². The van der Waals surface area contributed by atoms with E-state index in [4.69, 9.17) is 16.3 Å². The monoisotopic (exact) mass is 527 g/mol. The first-order valence-corrected chi connectivity index (χ1v) is 13.3. The summed E-state index contributed by atoms with van der Waals surface area (Å²) in [5, 5.41) is 9.06. The van der Waals surface area contributed by atoms with Crippen LogP contribution in [0.3, 0.4) is 0 Å². The highest BCUT2D eigenvalue weighted by Crippen LogP contribution is 2.59. The fourth-order valence-electron chi connectivity index (χ4n) is 3.55. The highest BCUT2D eigenvalue weighted by atomic mass is 35.5. The van der Waals surface area contributed by atoms with E-state index in [0.29, 0.717) is 21.3 Å². The number of rotatable bonds is 5. The zero-order valence-corrected chi connectivity index (χ0v) is 21.1. The number of anilines is 2. The number of para-hydroxylation sites is 1. The lowest BCUT2D eigenvalue weighted by Crippen LogP contribution is -2.51. The van der Waals surface area contributed by atoms with E-state index in [-0.39, 0.29) is 17.6 Å². The van der Waals surface area contributed by atoms with Crippen LogP contribution in [0.15, 0.2) is 82.1 Å². The molecular formula is C24H18ClN3O3S3. The van der Waals surface area contributed by atoms with Crippen molar-refractivity contribution in [1.82, 2.24) is 0 Å². The molecule has 0 bridgehead atoms. The number of amides is 1. The highest BCUT2D eigenvalue weighted by molar-refractivity contribution is 8.29. The van der Waals surface area contributed by atoms with Crippen molar-refractivity contribution in [3.63, 3.8) is 0 Å². The molecule has 0 radical (unpaired) electrons. The van der Waals surface area contributed by atoms with Crippen molar-refractivity contribution in [2.24, 2.45) is 5.10 Å². The van der Waals surface area contributed by atoms with Gasteiger partial charge >= 0.3 is 5.97 Å². The normalized spacial score (nSPS) is 20.9. The molecule has 1 unspecified atom stereocenters. The Hall–Kier alpha value is -2.72. The van der Waals surface area contributed by atoms with Gasteiger partial charge in [-0.05, 0) is 72.6 Å². The molecule has 1 aromatic heterocycles. The third-order valence-corrected chi connectivity index (χ3v) is 8.75. The van der Waals surface area contributed by atoms with Crippen LogP contribution in [-0.2, 0) is 14.3 Å². The number of nitrogens with zero attached hydrogens (tertiary/aromatic N) is 3. The molecule has 1 amide bonds. The standard InChI is InChI=1S/C24H18ClN3O3S3/c1-2-31-23(30)21-26-28(18-12-10-16(25)11-13-18)24(34-21)27(17-7-4-3-5-8-17)22(29)20(33-24)15-19-9-6-14-32-19/h3-15H,2H2,1H3. The quantitative estimate of drug-likeness (QED) is 0.288. The summed E-state index contributed by atoms with van der Waals surface area (Å²) in [6.45, 7) is 1.97. The number of carbonyl (C=O) groups excluding carboxylic acids is 2. The molecule has 5 rings (SSSR count). The van der Waals surface area contributed by atoms with E-state index in [1.165, 1.54) is 23.5 Å². The lowest BCUT2D eigenvalue weighted by Gasteiger charge is -2.38. The van der Waals surface area contributed by atoms with E-state index in [2.05, 4.69) is 5.10 Å². The largest absolute Gasteiger partial charge is 0.461 e. The molecule has 0 aliphatic carbocycles. The molecule has 2 aliphatic heterocycles. The Labute approximate surface area is 214 Å². The topological polar surface area (TPSA) is 62.2 Å². The fourth-order valence-corrected chi connectivity index (χ4v) is 7.27. The number of hydrogen-bond donors (Lipinski definition) is 0. The summed E-state index contributed by atoms with van der Waals surface area (Å²) < 4.78 is 4.15. The second-order valence-electron chi connectivity index (χ2n) is 7.17. The van der Waals surface area contributed by atoms with Crippen LogP contribution in [0.25, 0.3) is 6.08 Å². The molecule has 1 fully saturated rings. The fraction of sp³-hybridized carbons (Fsp3) is 0.125. The first kappa shape index (κ1) is 23.0. The van der Waals surface area contributed by atoms with Crippen LogP contribution in [0, 0.1) is 0 Å². The molecule has 2 aliphatic rings. The Kier molecular flexibility index (Phi) is 6.44. The minimum absolute atomic E-state index is 0.170. The van der Waals surface area contributed by atoms with Gasteiger partial charge in [-0.2, -0.15) is 5.10 Å². The molecule has 3 heterocycles. The Morgan fingerprint density at radius 3 is 2.50 bits per heavy atom. The average molecular weight is 528 g/mol. The second-order valence-corrected chi connectivity index (χ2v) is 11.2. The van der Waals surface area contributed by atoms with Gasteiger partial charge in [-0.15, -0.1) is 11.3 Å². The molecule has 1 atom stereocenters. The lowest BCUT2D eigenvalue weighted by molar-refractivity contribution is -0.134. The first-order chi connectivity index (χ1) is 16.5. The predicted octanol–water partition coefficient (Wildman–Crippen LogP) is 6.26. The molecule has 3 aromatic rings. The molecule has 0 saturated carbocycles. The summed E-state index contributed by atoms with van der Waals surface area (Å²) in [7, 11) is 0.